The summed E-state index contributed by atoms with van der Waals surface area (Å²) in [7, 11) is -1.34. The molecule has 7 heteroatoms. The van der Waals surface area contributed by atoms with Crippen LogP contribution in [0.1, 0.15) is 65.2 Å². The smallest absolute Gasteiger partial charge is 0.328 e. The van der Waals surface area contributed by atoms with Crippen molar-refractivity contribution in [3.05, 3.63) is 0 Å². The number of nitrogens with one attached hydrogen (secondary N) is 1. The molecule has 1 heterocycles. The number of ether oxygens (including phenoxy) is 2. The van der Waals surface area contributed by atoms with Crippen LogP contribution in [0.3, 0.4) is 0 Å². The van der Waals surface area contributed by atoms with E-state index in [1.54, 1.807) is 0 Å². The summed E-state index contributed by atoms with van der Waals surface area (Å²) < 4.78 is 11.0. The van der Waals surface area contributed by atoms with Crippen molar-refractivity contribution in [2.45, 2.75) is 103 Å². The number of carbonyl (C=O) groups excluding carboxylic acids is 3. The molecule has 1 amide bonds. The molecule has 0 spiro atoms. The number of terminal acetylenes is 1. The molecule has 1 N–H and O–H groups in total. The Bertz CT molecular complexity index is 725. The molecule has 178 valence electrons. The molecule has 0 aromatic rings. The highest BCUT2D eigenvalue weighted by molar-refractivity contribution is 6.83. The molecular formula is C25H39NO5Si. The molecule has 0 unspecified atom stereocenters. The first-order valence-electron chi connectivity index (χ1n) is 11.6. The van der Waals surface area contributed by atoms with Gasteiger partial charge in [0, 0.05) is 19.3 Å². The molecule has 6 nitrogen and oxygen atoms in total. The highest BCUT2D eigenvalue weighted by Crippen LogP contribution is 2.32. The minimum Gasteiger partial charge on any atom is -0.461 e. The zero-order valence-electron chi connectivity index (χ0n) is 20.2. The molecule has 0 aliphatic carbocycles. The van der Waals surface area contributed by atoms with E-state index < -0.39 is 26.2 Å². The van der Waals surface area contributed by atoms with Crippen molar-refractivity contribution in [3.8, 4) is 23.8 Å². The molecule has 0 aromatic carbocycles. The molecule has 4 atom stereocenters. The number of esters is 2. The second-order valence-corrected chi connectivity index (χ2v) is 14.6. The first kappa shape index (κ1) is 27.8. The Morgan fingerprint density at radius 1 is 1.28 bits per heavy atom. The van der Waals surface area contributed by atoms with E-state index in [4.69, 9.17) is 15.9 Å². The van der Waals surface area contributed by atoms with Crippen LogP contribution in [0.15, 0.2) is 0 Å². The zero-order chi connectivity index (χ0) is 24.1. The predicted molar refractivity (Wildman–Crippen MR) is 128 cm³/mol. The Morgan fingerprint density at radius 2 is 2.00 bits per heavy atom. The second-order valence-electron chi connectivity index (χ2n) is 9.88. The molecule has 0 bridgehead atoms. The van der Waals surface area contributed by atoms with Crippen LogP contribution in [0, 0.1) is 35.6 Å². The SMILES string of the molecule is C#CCC[C@@H](C[C@@H]1OC(=O)[C@H]1CCCCC#C[Si](C)(C)C)OC(=O)[C@H](CC(C)C)NC=O. The Balaban J connectivity index is 2.60. The van der Waals surface area contributed by atoms with Gasteiger partial charge in [-0.3, -0.25) is 9.59 Å². The Kier molecular flexibility index (Phi) is 12.2. The van der Waals surface area contributed by atoms with Crippen molar-refractivity contribution in [1.82, 2.24) is 5.32 Å². The predicted octanol–water partition coefficient (Wildman–Crippen LogP) is 3.85. The van der Waals surface area contributed by atoms with E-state index >= 15 is 0 Å². The van der Waals surface area contributed by atoms with E-state index in [1.165, 1.54) is 0 Å². The summed E-state index contributed by atoms with van der Waals surface area (Å²) >= 11 is 0. The zero-order valence-corrected chi connectivity index (χ0v) is 21.2. The lowest BCUT2D eigenvalue weighted by Gasteiger charge is -2.37. The van der Waals surface area contributed by atoms with Gasteiger partial charge in [-0.25, -0.2) is 4.79 Å². The number of rotatable bonds is 14. The summed E-state index contributed by atoms with van der Waals surface area (Å²) in [6.45, 7) is 10.6. The number of unbranched alkanes of at least 4 members (excludes halogenated alkanes) is 2. The molecule has 1 fully saturated rings. The molecule has 32 heavy (non-hydrogen) atoms. The van der Waals surface area contributed by atoms with Gasteiger partial charge in [0.15, 0.2) is 0 Å². The van der Waals surface area contributed by atoms with Crippen molar-refractivity contribution in [1.29, 1.82) is 0 Å². The van der Waals surface area contributed by atoms with E-state index in [0.717, 1.165) is 25.7 Å². The molecule has 1 rings (SSSR count). The van der Waals surface area contributed by atoms with Gasteiger partial charge in [0.25, 0.3) is 0 Å². The van der Waals surface area contributed by atoms with Crippen molar-refractivity contribution < 1.29 is 23.9 Å². The lowest BCUT2D eigenvalue weighted by atomic mass is 9.87. The summed E-state index contributed by atoms with van der Waals surface area (Å²) in [5, 5.41) is 2.54. The van der Waals surface area contributed by atoms with E-state index in [0.29, 0.717) is 32.1 Å². The fourth-order valence-electron chi connectivity index (χ4n) is 3.58. The first-order valence-corrected chi connectivity index (χ1v) is 15.1. The molecule has 1 saturated heterocycles. The third-order valence-electron chi connectivity index (χ3n) is 5.20. The van der Waals surface area contributed by atoms with E-state index in [9.17, 15) is 14.4 Å². The maximum Gasteiger partial charge on any atom is 0.328 e. The van der Waals surface area contributed by atoms with Gasteiger partial charge in [0.05, 0.1) is 5.92 Å². The lowest BCUT2D eigenvalue weighted by Crippen LogP contribution is -2.48. The van der Waals surface area contributed by atoms with Gasteiger partial charge in [0.1, 0.15) is 26.3 Å². The number of hydrogen-bond donors (Lipinski definition) is 1. The maximum absolute atomic E-state index is 12.6. The van der Waals surface area contributed by atoms with E-state index in [1.807, 2.05) is 13.8 Å². The summed E-state index contributed by atoms with van der Waals surface area (Å²) in [5.41, 5.74) is 3.35. The molecular weight excluding hydrogens is 422 g/mol. The van der Waals surface area contributed by atoms with Gasteiger partial charge >= 0.3 is 11.9 Å². The molecule has 0 radical (unpaired) electrons. The van der Waals surface area contributed by atoms with E-state index in [2.05, 4.69) is 42.3 Å². The summed E-state index contributed by atoms with van der Waals surface area (Å²) in [6, 6.07) is -0.696. The van der Waals surface area contributed by atoms with Crippen LogP contribution in [0.4, 0.5) is 0 Å². The third-order valence-corrected chi connectivity index (χ3v) is 6.13. The Labute approximate surface area is 194 Å². The number of hydrogen-bond acceptors (Lipinski definition) is 5. The van der Waals surface area contributed by atoms with Gasteiger partial charge in [-0.15, -0.1) is 23.8 Å². The summed E-state index contributed by atoms with van der Waals surface area (Å²) in [5.74, 6) is 5.21. The van der Waals surface area contributed by atoms with Crippen LogP contribution in [0.25, 0.3) is 0 Å². The summed E-state index contributed by atoms with van der Waals surface area (Å²) in [4.78, 5) is 35.5. The number of cyclic esters (lactones) is 1. The topological polar surface area (TPSA) is 81.7 Å². The quantitative estimate of drug-likeness (QED) is 0.140. The van der Waals surface area contributed by atoms with Crippen LogP contribution >= 0.6 is 0 Å². The molecule has 0 saturated carbocycles. The van der Waals surface area contributed by atoms with Gasteiger partial charge in [-0.1, -0.05) is 39.9 Å². The first-order chi connectivity index (χ1) is 15.1. The van der Waals surface area contributed by atoms with Crippen molar-refractivity contribution in [2.24, 2.45) is 11.8 Å². The minimum absolute atomic E-state index is 0.174. The van der Waals surface area contributed by atoms with Gasteiger partial charge in [-0.05, 0) is 31.6 Å². The average molecular weight is 462 g/mol. The normalized spacial score (nSPS) is 19.5. The van der Waals surface area contributed by atoms with Crippen LogP contribution in [-0.2, 0) is 23.9 Å². The maximum atomic E-state index is 12.6. The number of carbonyl (C=O) groups is 3. The molecule has 0 aromatic heterocycles. The Hall–Kier alpha value is -2.25. The molecule has 1 aliphatic heterocycles. The second kappa shape index (κ2) is 14.0. The highest BCUT2D eigenvalue weighted by Gasteiger charge is 2.43. The van der Waals surface area contributed by atoms with Crippen LogP contribution in [0.2, 0.25) is 19.6 Å². The van der Waals surface area contributed by atoms with Crippen LogP contribution < -0.4 is 5.32 Å². The van der Waals surface area contributed by atoms with E-state index in [-0.39, 0.29) is 23.9 Å². The minimum atomic E-state index is -1.34. The average Bonchev–Trinajstić information content (AvgIpc) is 2.69. The van der Waals surface area contributed by atoms with Crippen molar-refractivity contribution in [3.63, 3.8) is 0 Å². The van der Waals surface area contributed by atoms with Gasteiger partial charge in [0.2, 0.25) is 6.41 Å². The fraction of sp³-hybridized carbons (Fsp3) is 0.720. The van der Waals surface area contributed by atoms with Crippen LogP contribution in [0.5, 0.6) is 0 Å². The largest absolute Gasteiger partial charge is 0.461 e. The number of amides is 1. The highest BCUT2D eigenvalue weighted by atomic mass is 28.3. The molecule has 1 aliphatic rings. The monoisotopic (exact) mass is 461 g/mol. The van der Waals surface area contributed by atoms with Crippen molar-refractivity contribution >= 4 is 26.4 Å². The Morgan fingerprint density at radius 3 is 2.56 bits per heavy atom. The third kappa shape index (κ3) is 10.9. The van der Waals surface area contributed by atoms with Crippen LogP contribution in [-0.4, -0.2) is 44.7 Å². The fourth-order valence-corrected chi connectivity index (χ4v) is 4.24. The summed E-state index contributed by atoms with van der Waals surface area (Å²) in [6.07, 6.45) is 10.5. The van der Waals surface area contributed by atoms with Gasteiger partial charge < -0.3 is 14.8 Å². The standard InChI is InChI=1S/C25H39NO5Si/c1-7-8-13-20(30-25(29)22(26-18-27)16-19(2)3)17-23-21(24(28)31-23)14-11-9-10-12-15-32(4,5)6/h1,18-23H,8-11,13-14,16-17H2,2-6H3,(H,26,27)/t20-,21-,22-,23-/m0/s1. The van der Waals surface area contributed by atoms with Gasteiger partial charge in [-0.2, -0.15) is 0 Å². The lowest BCUT2D eigenvalue weighted by molar-refractivity contribution is -0.190. The van der Waals surface area contributed by atoms with Crippen molar-refractivity contribution in [2.75, 3.05) is 0 Å².